The predicted molar refractivity (Wildman–Crippen MR) is 246 cm³/mol. The van der Waals surface area contributed by atoms with E-state index in [9.17, 15) is 0 Å². The second-order valence-corrected chi connectivity index (χ2v) is 17.0. The summed E-state index contributed by atoms with van der Waals surface area (Å²) in [5.41, 5.74) is 7.23. The predicted octanol–water partition coefficient (Wildman–Crippen LogP) is 15.2. The van der Waals surface area contributed by atoms with Gasteiger partial charge in [0.25, 0.3) is 0 Å². The molecule has 0 aliphatic heterocycles. The van der Waals surface area contributed by atoms with Gasteiger partial charge in [-0.3, -0.25) is 4.57 Å². The largest absolute Gasteiger partial charge is 0.437 e. The van der Waals surface area contributed by atoms with E-state index in [0.29, 0.717) is 11.5 Å². The maximum absolute atomic E-state index is 6.60. The van der Waals surface area contributed by atoms with E-state index < -0.39 is 0 Å². The fraction of sp³-hybridized carbons (Fsp3) is 0. The number of thiophene rings is 2. The highest BCUT2D eigenvalue weighted by Gasteiger charge is 2.26. The SMILES string of the molecule is c1ccc(-c2ccc(-c3nc(-n4c5ccccc5c5c6ccc(-c7cccc8ccccc78)cc6c6c7ccccc7sc6c54)c4c(n3)oc3ccccc34)s2)cc1. The van der Waals surface area contributed by atoms with Crippen molar-refractivity contribution in [1.82, 2.24) is 14.5 Å². The summed E-state index contributed by atoms with van der Waals surface area (Å²) in [6.07, 6.45) is 0. The first-order valence-electron chi connectivity index (χ1n) is 19.4. The normalized spacial score (nSPS) is 12.1. The highest BCUT2D eigenvalue weighted by Crippen LogP contribution is 2.50. The van der Waals surface area contributed by atoms with Crippen LogP contribution in [0.3, 0.4) is 0 Å². The van der Waals surface area contributed by atoms with Crippen LogP contribution in [-0.2, 0) is 0 Å². The van der Waals surface area contributed by atoms with Gasteiger partial charge in [-0.2, -0.15) is 4.98 Å². The van der Waals surface area contributed by atoms with E-state index in [1.807, 2.05) is 23.5 Å². The van der Waals surface area contributed by atoms with Gasteiger partial charge in [0, 0.05) is 36.5 Å². The Morgan fingerprint density at radius 3 is 2.12 bits per heavy atom. The van der Waals surface area contributed by atoms with Crippen molar-refractivity contribution in [3.63, 3.8) is 0 Å². The van der Waals surface area contributed by atoms with Gasteiger partial charge in [-0.15, -0.1) is 22.7 Å². The van der Waals surface area contributed by atoms with Gasteiger partial charge in [-0.1, -0.05) is 140 Å². The van der Waals surface area contributed by atoms with Crippen LogP contribution >= 0.6 is 22.7 Å². The van der Waals surface area contributed by atoms with Crippen LogP contribution < -0.4 is 0 Å². The molecule has 0 spiro atoms. The molecule has 0 atom stereocenters. The number of hydrogen-bond donors (Lipinski definition) is 0. The van der Waals surface area contributed by atoms with Gasteiger partial charge in [0.1, 0.15) is 5.58 Å². The molecule has 0 amide bonds. The smallest absolute Gasteiger partial charge is 0.233 e. The highest BCUT2D eigenvalue weighted by atomic mass is 32.1. The van der Waals surface area contributed by atoms with Crippen molar-refractivity contribution in [3.8, 4) is 38.1 Å². The second kappa shape index (κ2) is 12.2. The number of para-hydroxylation sites is 2. The topological polar surface area (TPSA) is 43.9 Å². The molecule has 0 fully saturated rings. The molecule has 0 N–H and O–H groups in total. The van der Waals surface area contributed by atoms with E-state index in [-0.39, 0.29) is 0 Å². The molecule has 0 aliphatic rings. The first-order chi connectivity index (χ1) is 28.8. The minimum absolute atomic E-state index is 0.579. The molecule has 0 bridgehead atoms. The molecule has 4 nitrogen and oxygen atoms in total. The summed E-state index contributed by atoms with van der Waals surface area (Å²) in [5.74, 6) is 1.46. The molecule has 6 heteroatoms. The number of aromatic nitrogens is 3. The third-order valence-corrected chi connectivity index (χ3v) is 14.0. The van der Waals surface area contributed by atoms with Crippen LogP contribution in [0.2, 0.25) is 0 Å². The lowest BCUT2D eigenvalue weighted by Crippen LogP contribution is -2.01. The van der Waals surface area contributed by atoms with Crippen molar-refractivity contribution >= 4 is 108 Å². The average Bonchev–Trinajstić information content (AvgIpc) is 4.08. The summed E-state index contributed by atoms with van der Waals surface area (Å²) in [4.78, 5) is 12.9. The van der Waals surface area contributed by atoms with Gasteiger partial charge in [0.05, 0.1) is 26.0 Å². The Labute approximate surface area is 339 Å². The van der Waals surface area contributed by atoms with Crippen molar-refractivity contribution in [1.29, 1.82) is 0 Å². The first kappa shape index (κ1) is 32.0. The molecule has 13 aromatic rings. The van der Waals surface area contributed by atoms with Crippen LogP contribution in [-0.4, -0.2) is 14.5 Å². The van der Waals surface area contributed by atoms with Gasteiger partial charge < -0.3 is 4.42 Å². The Bertz CT molecular complexity index is 3810. The van der Waals surface area contributed by atoms with E-state index >= 15 is 0 Å². The zero-order valence-electron chi connectivity index (χ0n) is 30.8. The number of furan rings is 1. The van der Waals surface area contributed by atoms with E-state index in [4.69, 9.17) is 14.4 Å². The van der Waals surface area contributed by atoms with Gasteiger partial charge >= 0.3 is 0 Å². The van der Waals surface area contributed by atoms with Crippen LogP contribution in [0.1, 0.15) is 0 Å². The molecular weight excluding hydrogens is 747 g/mol. The number of nitrogens with zero attached hydrogens (tertiary/aromatic N) is 3. The number of benzene rings is 8. The Balaban J connectivity index is 1.18. The minimum Gasteiger partial charge on any atom is -0.437 e. The lowest BCUT2D eigenvalue weighted by atomic mass is 9.93. The fourth-order valence-electron chi connectivity index (χ4n) is 9.13. The average molecular weight is 776 g/mol. The molecular formula is C52H29N3OS2. The quantitative estimate of drug-likeness (QED) is 0.179. The van der Waals surface area contributed by atoms with Crippen LogP contribution in [0.15, 0.2) is 180 Å². The van der Waals surface area contributed by atoms with Crippen molar-refractivity contribution in [3.05, 3.63) is 176 Å². The Kier molecular flexibility index (Phi) is 6.73. The zero-order valence-corrected chi connectivity index (χ0v) is 32.4. The van der Waals surface area contributed by atoms with Crippen LogP contribution in [0.25, 0.3) is 124 Å². The van der Waals surface area contributed by atoms with Crippen LogP contribution in [0.5, 0.6) is 0 Å². The molecule has 0 radical (unpaired) electrons. The van der Waals surface area contributed by atoms with Gasteiger partial charge in [0.2, 0.25) is 5.71 Å². The molecule has 0 saturated heterocycles. The van der Waals surface area contributed by atoms with Crippen molar-refractivity contribution in [2.24, 2.45) is 0 Å². The van der Waals surface area contributed by atoms with Crippen LogP contribution in [0.4, 0.5) is 0 Å². The first-order valence-corrected chi connectivity index (χ1v) is 21.0. The molecule has 58 heavy (non-hydrogen) atoms. The lowest BCUT2D eigenvalue weighted by Gasteiger charge is -2.13. The minimum atomic E-state index is 0.579. The van der Waals surface area contributed by atoms with Gasteiger partial charge in [-0.25, -0.2) is 4.98 Å². The second-order valence-electron chi connectivity index (χ2n) is 14.8. The molecule has 270 valence electrons. The highest BCUT2D eigenvalue weighted by molar-refractivity contribution is 7.27. The summed E-state index contributed by atoms with van der Waals surface area (Å²) in [5, 5.41) is 11.8. The van der Waals surface area contributed by atoms with E-state index in [0.717, 1.165) is 38.1 Å². The maximum Gasteiger partial charge on any atom is 0.233 e. The van der Waals surface area contributed by atoms with E-state index in [1.165, 1.54) is 74.1 Å². The zero-order chi connectivity index (χ0) is 37.9. The number of rotatable bonds is 4. The number of fused-ring (bicyclic) bond motifs is 14. The van der Waals surface area contributed by atoms with Gasteiger partial charge in [-0.05, 0) is 74.6 Å². The van der Waals surface area contributed by atoms with E-state index in [1.54, 1.807) is 11.3 Å². The summed E-state index contributed by atoms with van der Waals surface area (Å²) >= 11 is 3.56. The van der Waals surface area contributed by atoms with Crippen molar-refractivity contribution < 1.29 is 4.42 Å². The molecule has 0 saturated carbocycles. The summed E-state index contributed by atoms with van der Waals surface area (Å²) in [6, 6.07) is 63.1. The van der Waals surface area contributed by atoms with Gasteiger partial charge in [0.15, 0.2) is 11.6 Å². The Hall–Kier alpha value is -7.12. The molecule has 5 aromatic heterocycles. The van der Waals surface area contributed by atoms with E-state index in [2.05, 4.69) is 168 Å². The molecule has 0 unspecified atom stereocenters. The third-order valence-electron chi connectivity index (χ3n) is 11.7. The van der Waals surface area contributed by atoms with Crippen molar-refractivity contribution in [2.45, 2.75) is 0 Å². The third kappa shape index (κ3) is 4.55. The summed E-state index contributed by atoms with van der Waals surface area (Å²) in [6.45, 7) is 0. The lowest BCUT2D eigenvalue weighted by molar-refractivity contribution is 0.653. The number of hydrogen-bond acceptors (Lipinski definition) is 5. The maximum atomic E-state index is 6.60. The Morgan fingerprint density at radius 1 is 0.466 bits per heavy atom. The van der Waals surface area contributed by atoms with Crippen LogP contribution in [0, 0.1) is 0 Å². The standard InChI is InChI=1S/C52H29N3OS2/c1-2-14-31(15-3-1)42-27-28-44(57-42)50-53-51(47-37-19-7-10-23-41(37)56-52(47)54-50)55-40-22-9-6-18-36(40)45-35-26-25-32(34-21-12-16-30-13-4-5-17-33(30)34)29-39(35)46-38-20-8-11-24-43(38)58-49(46)48(45)55/h1-29H. The monoisotopic (exact) mass is 775 g/mol. The Morgan fingerprint density at radius 2 is 1.21 bits per heavy atom. The summed E-state index contributed by atoms with van der Waals surface area (Å²) in [7, 11) is 0. The fourth-order valence-corrected chi connectivity index (χ4v) is 11.3. The van der Waals surface area contributed by atoms with Crippen molar-refractivity contribution in [2.75, 3.05) is 0 Å². The molecule has 0 aliphatic carbocycles. The molecule has 8 aromatic carbocycles. The summed E-state index contributed by atoms with van der Waals surface area (Å²) < 4.78 is 11.5. The molecule has 13 rings (SSSR count). The molecule has 5 heterocycles.